The molecule has 0 radical (unpaired) electrons. The van der Waals surface area contributed by atoms with Crippen molar-refractivity contribution < 1.29 is 9.53 Å². The smallest absolute Gasteiger partial charge is 0.288 e. The van der Waals surface area contributed by atoms with E-state index in [9.17, 15) is 9.59 Å². The minimum Gasteiger partial charge on any atom is -0.368 e. The molecule has 2 fully saturated rings. The Balaban J connectivity index is 1.56. The van der Waals surface area contributed by atoms with E-state index in [1.165, 1.54) is 10.9 Å². The Morgan fingerprint density at radius 1 is 1.30 bits per heavy atom. The molecule has 2 saturated heterocycles. The maximum atomic E-state index is 12.3. The van der Waals surface area contributed by atoms with E-state index in [2.05, 4.69) is 10.00 Å². The molecule has 0 bridgehead atoms. The van der Waals surface area contributed by atoms with E-state index >= 15 is 0 Å². The topological polar surface area (TPSA) is 67.7 Å². The van der Waals surface area contributed by atoms with Gasteiger partial charge in [-0.05, 0) is 12.8 Å². The van der Waals surface area contributed by atoms with E-state index in [0.717, 1.165) is 12.8 Å². The average molecular weight is 361 g/mol. The Morgan fingerprint density at radius 3 is 2.70 bits per heavy atom. The number of nitrogens with zero attached hydrogens (tertiary/aromatic N) is 4. The van der Waals surface area contributed by atoms with Crippen LogP contribution in [-0.4, -0.2) is 64.4 Å². The monoisotopic (exact) mass is 360 g/mol. The summed E-state index contributed by atoms with van der Waals surface area (Å²) in [6, 6.07) is 0. The molecule has 0 unspecified atom stereocenters. The molecule has 0 aromatic carbocycles. The van der Waals surface area contributed by atoms with Gasteiger partial charge < -0.3 is 9.64 Å². The van der Waals surface area contributed by atoms with E-state index in [-0.39, 0.29) is 22.1 Å². The zero-order chi connectivity index (χ0) is 16.4. The van der Waals surface area contributed by atoms with Gasteiger partial charge in [0, 0.05) is 32.8 Å². The first-order valence-electron chi connectivity index (χ1n) is 7.60. The molecule has 3 rings (SSSR count). The predicted octanol–water partition coefficient (Wildman–Crippen LogP) is 0.831. The molecule has 126 valence electrons. The summed E-state index contributed by atoms with van der Waals surface area (Å²) in [5.41, 5.74) is -0.406. The fourth-order valence-corrected chi connectivity index (χ4v) is 3.09. The Labute approximate surface area is 143 Å². The molecule has 1 atom stereocenters. The fraction of sp³-hybridized carbons (Fsp3) is 0.643. The van der Waals surface area contributed by atoms with Crippen molar-refractivity contribution in [3.8, 4) is 0 Å². The van der Waals surface area contributed by atoms with Gasteiger partial charge in [-0.1, -0.05) is 23.2 Å². The van der Waals surface area contributed by atoms with E-state index in [1.807, 2.05) is 4.90 Å². The lowest BCUT2D eigenvalue weighted by atomic mass is 10.2. The molecular weight excluding hydrogens is 343 g/mol. The van der Waals surface area contributed by atoms with Crippen LogP contribution in [0.4, 0.5) is 0 Å². The van der Waals surface area contributed by atoms with Gasteiger partial charge in [-0.2, -0.15) is 5.10 Å². The second-order valence-electron chi connectivity index (χ2n) is 5.70. The number of aromatic nitrogens is 2. The van der Waals surface area contributed by atoms with Crippen LogP contribution in [-0.2, 0) is 16.2 Å². The predicted molar refractivity (Wildman–Crippen MR) is 85.6 cm³/mol. The summed E-state index contributed by atoms with van der Waals surface area (Å²) in [5.74, 6) is 0.0759. The van der Waals surface area contributed by atoms with Crippen molar-refractivity contribution >= 4 is 29.1 Å². The van der Waals surface area contributed by atoms with Gasteiger partial charge >= 0.3 is 0 Å². The minimum absolute atomic E-state index is 0.0196. The average Bonchev–Trinajstić information content (AvgIpc) is 3.10. The summed E-state index contributed by atoms with van der Waals surface area (Å²) < 4.78 is 6.73. The maximum absolute atomic E-state index is 12.3. The third kappa shape index (κ3) is 3.68. The van der Waals surface area contributed by atoms with Crippen molar-refractivity contribution in [3.05, 3.63) is 26.6 Å². The molecular formula is C14H18Cl2N4O3. The van der Waals surface area contributed by atoms with E-state index in [1.54, 1.807) is 0 Å². The number of hydrogen-bond acceptors (Lipinski definition) is 5. The number of carbonyl (C=O) groups is 1. The second kappa shape index (κ2) is 7.17. The normalized spacial score (nSPS) is 22.5. The first-order valence-corrected chi connectivity index (χ1v) is 8.35. The fourth-order valence-electron chi connectivity index (χ4n) is 2.82. The summed E-state index contributed by atoms with van der Waals surface area (Å²) in [7, 11) is 0. The van der Waals surface area contributed by atoms with Crippen LogP contribution in [0.3, 0.4) is 0 Å². The lowest BCUT2D eigenvalue weighted by Gasteiger charge is -2.35. The number of amides is 1. The third-order valence-electron chi connectivity index (χ3n) is 4.17. The van der Waals surface area contributed by atoms with Gasteiger partial charge in [0.15, 0.2) is 0 Å². The van der Waals surface area contributed by atoms with Gasteiger partial charge in [-0.25, -0.2) is 4.68 Å². The highest BCUT2D eigenvalue weighted by molar-refractivity contribution is 6.41. The third-order valence-corrected chi connectivity index (χ3v) is 4.91. The molecule has 9 heteroatoms. The maximum Gasteiger partial charge on any atom is 0.288 e. The molecule has 0 N–H and O–H groups in total. The van der Waals surface area contributed by atoms with Crippen LogP contribution in [0.15, 0.2) is 11.0 Å². The Kier molecular flexibility index (Phi) is 5.21. The van der Waals surface area contributed by atoms with Crippen LogP contribution in [0, 0.1) is 0 Å². The van der Waals surface area contributed by atoms with Crippen molar-refractivity contribution in [2.75, 3.05) is 32.8 Å². The summed E-state index contributed by atoms with van der Waals surface area (Å²) in [4.78, 5) is 28.2. The number of carbonyl (C=O) groups excluding carboxylic acids is 1. The summed E-state index contributed by atoms with van der Waals surface area (Å²) in [6.07, 6.45) is 2.84. The van der Waals surface area contributed by atoms with Crippen molar-refractivity contribution in [2.24, 2.45) is 0 Å². The summed E-state index contributed by atoms with van der Waals surface area (Å²) in [5, 5.41) is 4.13. The molecule has 1 amide bonds. The van der Waals surface area contributed by atoms with Crippen molar-refractivity contribution in [3.63, 3.8) is 0 Å². The molecule has 0 spiro atoms. The van der Waals surface area contributed by atoms with Crippen LogP contribution in [0.25, 0.3) is 0 Å². The van der Waals surface area contributed by atoms with Gasteiger partial charge in [-0.3, -0.25) is 14.5 Å². The number of halogens is 2. The van der Waals surface area contributed by atoms with Gasteiger partial charge in [0.05, 0.1) is 17.9 Å². The van der Waals surface area contributed by atoms with E-state index < -0.39 is 5.56 Å². The Bertz CT molecular complexity index is 637. The number of hydrogen-bond donors (Lipinski definition) is 0. The molecule has 0 aliphatic carbocycles. The summed E-state index contributed by atoms with van der Waals surface area (Å²) in [6.45, 7) is 3.59. The standard InChI is InChI=1S/C14H18Cl2N4O3/c15-10-8-17-20(14(22)12(10)16)9-18-3-5-19(6-4-18)13(21)11-2-1-7-23-11/h8,11H,1-7,9H2/t11-/m1/s1. The Morgan fingerprint density at radius 2 is 2.04 bits per heavy atom. The van der Waals surface area contributed by atoms with Gasteiger partial charge in [0.1, 0.15) is 11.1 Å². The van der Waals surface area contributed by atoms with Crippen LogP contribution >= 0.6 is 23.2 Å². The molecule has 1 aromatic heterocycles. The SMILES string of the molecule is O=C([C@H]1CCCO1)N1CCN(Cn2ncc(Cl)c(Cl)c2=O)CC1. The molecule has 7 nitrogen and oxygen atoms in total. The second-order valence-corrected chi connectivity index (χ2v) is 6.48. The van der Waals surface area contributed by atoms with Crippen molar-refractivity contribution in [2.45, 2.75) is 25.6 Å². The van der Waals surface area contributed by atoms with E-state index in [4.69, 9.17) is 27.9 Å². The van der Waals surface area contributed by atoms with E-state index in [0.29, 0.717) is 39.5 Å². The lowest BCUT2D eigenvalue weighted by molar-refractivity contribution is -0.142. The van der Waals surface area contributed by atoms with Crippen LogP contribution < -0.4 is 5.56 Å². The molecule has 1 aromatic rings. The van der Waals surface area contributed by atoms with Crippen molar-refractivity contribution in [1.29, 1.82) is 0 Å². The largest absolute Gasteiger partial charge is 0.368 e. The molecule has 3 heterocycles. The highest BCUT2D eigenvalue weighted by atomic mass is 35.5. The van der Waals surface area contributed by atoms with Gasteiger partial charge in [0.2, 0.25) is 0 Å². The minimum atomic E-state index is -0.406. The number of rotatable bonds is 3. The van der Waals surface area contributed by atoms with Crippen LogP contribution in [0.2, 0.25) is 10.0 Å². The van der Waals surface area contributed by atoms with Crippen LogP contribution in [0.1, 0.15) is 12.8 Å². The molecule has 2 aliphatic heterocycles. The van der Waals surface area contributed by atoms with Gasteiger partial charge in [0.25, 0.3) is 11.5 Å². The van der Waals surface area contributed by atoms with Gasteiger partial charge in [-0.15, -0.1) is 0 Å². The zero-order valence-corrected chi connectivity index (χ0v) is 14.1. The Hall–Kier alpha value is -1.15. The first-order chi connectivity index (χ1) is 11.1. The highest BCUT2D eigenvalue weighted by Crippen LogP contribution is 2.17. The van der Waals surface area contributed by atoms with Crippen molar-refractivity contribution in [1.82, 2.24) is 19.6 Å². The van der Waals surface area contributed by atoms with Crippen LogP contribution in [0.5, 0.6) is 0 Å². The quantitative estimate of drug-likeness (QED) is 0.798. The lowest BCUT2D eigenvalue weighted by Crippen LogP contribution is -2.52. The summed E-state index contributed by atoms with van der Waals surface area (Å²) >= 11 is 11.6. The number of ether oxygens (including phenoxy) is 1. The molecule has 23 heavy (non-hydrogen) atoms. The molecule has 0 saturated carbocycles. The first kappa shape index (κ1) is 16.7. The zero-order valence-electron chi connectivity index (χ0n) is 12.6. The molecule has 2 aliphatic rings. The number of piperazine rings is 1. The highest BCUT2D eigenvalue weighted by Gasteiger charge is 2.30.